The van der Waals surface area contributed by atoms with Gasteiger partial charge in [-0.05, 0) is 43.3 Å². The molecule has 0 amide bonds. The van der Waals surface area contributed by atoms with E-state index in [0.717, 1.165) is 43.9 Å². The van der Waals surface area contributed by atoms with Crippen LogP contribution in [0.3, 0.4) is 0 Å². The molecule has 1 saturated heterocycles. The molecule has 1 aromatic rings. The Labute approximate surface area is 122 Å². The fourth-order valence-corrected chi connectivity index (χ4v) is 2.65. The van der Waals surface area contributed by atoms with Gasteiger partial charge in [0.05, 0.1) is 11.4 Å². The third kappa shape index (κ3) is 3.10. The molecular weight excluding hydrogens is 246 g/mol. The second kappa shape index (κ2) is 6.71. The number of benzene rings is 1. The topological polar surface area (TPSA) is 27.6 Å². The van der Waals surface area contributed by atoms with Crippen LogP contribution in [0.25, 0.3) is 6.08 Å². The van der Waals surface area contributed by atoms with E-state index in [-0.39, 0.29) is 0 Å². The van der Waals surface area contributed by atoms with Gasteiger partial charge in [0.2, 0.25) is 0 Å². The van der Waals surface area contributed by atoms with E-state index >= 15 is 0 Å². The van der Waals surface area contributed by atoms with E-state index in [0.29, 0.717) is 5.92 Å². The average molecular weight is 271 g/mol. The van der Waals surface area contributed by atoms with Gasteiger partial charge in [0.25, 0.3) is 0 Å². The summed E-state index contributed by atoms with van der Waals surface area (Å²) in [5.74, 6) is 0.497. The van der Waals surface area contributed by atoms with E-state index in [2.05, 4.69) is 54.5 Å². The lowest BCUT2D eigenvalue weighted by molar-refractivity contribution is 0.724. The zero-order chi connectivity index (χ0) is 14.5. The van der Waals surface area contributed by atoms with Gasteiger partial charge < -0.3 is 10.2 Å². The second-order valence-electron chi connectivity index (χ2n) is 5.59. The molecular formula is C17H25N3. The molecule has 1 heterocycles. The van der Waals surface area contributed by atoms with Crippen molar-refractivity contribution in [2.75, 3.05) is 31.1 Å². The van der Waals surface area contributed by atoms with E-state index in [4.69, 9.17) is 0 Å². The molecule has 0 spiro atoms. The highest BCUT2D eigenvalue weighted by molar-refractivity contribution is 5.80. The maximum absolute atomic E-state index is 4.26. The standard InChI is InChI=1S/C17H25N3/c1-5-14-11-15(13(2)3)12-16(17(14)18-4)20-9-6-7-19-8-10-20/h5,11-13,19H,1,4,6-10H2,2-3H3. The molecule has 1 N–H and O–H groups in total. The van der Waals surface area contributed by atoms with E-state index in [1.807, 2.05) is 6.08 Å². The third-order valence-corrected chi connectivity index (χ3v) is 3.87. The van der Waals surface area contributed by atoms with E-state index < -0.39 is 0 Å². The second-order valence-corrected chi connectivity index (χ2v) is 5.59. The fraction of sp³-hybridized carbons (Fsp3) is 0.471. The Morgan fingerprint density at radius 1 is 1.30 bits per heavy atom. The van der Waals surface area contributed by atoms with Gasteiger partial charge in [-0.1, -0.05) is 26.5 Å². The van der Waals surface area contributed by atoms with Gasteiger partial charge in [0.1, 0.15) is 0 Å². The van der Waals surface area contributed by atoms with Gasteiger partial charge in [0, 0.05) is 25.2 Å². The summed E-state index contributed by atoms with van der Waals surface area (Å²) in [6.07, 6.45) is 3.04. The molecule has 1 aromatic carbocycles. The molecule has 0 radical (unpaired) electrons. The fourth-order valence-electron chi connectivity index (χ4n) is 2.65. The van der Waals surface area contributed by atoms with Gasteiger partial charge in [-0.25, -0.2) is 0 Å². The molecule has 1 fully saturated rings. The minimum absolute atomic E-state index is 0.497. The molecule has 0 bridgehead atoms. The van der Waals surface area contributed by atoms with Crippen LogP contribution in [0, 0.1) is 0 Å². The van der Waals surface area contributed by atoms with Crippen molar-refractivity contribution >= 4 is 24.2 Å². The van der Waals surface area contributed by atoms with Gasteiger partial charge >= 0.3 is 0 Å². The first-order chi connectivity index (χ1) is 9.67. The Kier molecular flexibility index (Phi) is 4.96. The number of hydrogen-bond donors (Lipinski definition) is 1. The molecule has 1 aliphatic rings. The zero-order valence-corrected chi connectivity index (χ0v) is 12.7. The van der Waals surface area contributed by atoms with Crippen LogP contribution < -0.4 is 10.2 Å². The minimum Gasteiger partial charge on any atom is -0.368 e. The van der Waals surface area contributed by atoms with Gasteiger partial charge in [-0.3, -0.25) is 4.99 Å². The van der Waals surface area contributed by atoms with Crippen molar-refractivity contribution in [3.63, 3.8) is 0 Å². The number of hydrogen-bond acceptors (Lipinski definition) is 3. The van der Waals surface area contributed by atoms with Crippen molar-refractivity contribution in [3.8, 4) is 0 Å². The molecule has 20 heavy (non-hydrogen) atoms. The van der Waals surface area contributed by atoms with Gasteiger partial charge in [-0.2, -0.15) is 0 Å². The molecule has 0 unspecified atom stereocenters. The Morgan fingerprint density at radius 2 is 2.10 bits per heavy atom. The highest BCUT2D eigenvalue weighted by atomic mass is 15.2. The van der Waals surface area contributed by atoms with Gasteiger partial charge in [0.15, 0.2) is 0 Å². The lowest BCUT2D eigenvalue weighted by atomic mass is 9.97. The summed E-state index contributed by atoms with van der Waals surface area (Å²) in [7, 11) is 0. The first kappa shape index (κ1) is 14.8. The van der Waals surface area contributed by atoms with Crippen LogP contribution in [0.2, 0.25) is 0 Å². The summed E-state index contributed by atoms with van der Waals surface area (Å²) < 4.78 is 0. The van der Waals surface area contributed by atoms with Crippen molar-refractivity contribution in [2.24, 2.45) is 4.99 Å². The van der Waals surface area contributed by atoms with Crippen molar-refractivity contribution in [1.29, 1.82) is 0 Å². The first-order valence-corrected chi connectivity index (χ1v) is 7.40. The quantitative estimate of drug-likeness (QED) is 0.848. The van der Waals surface area contributed by atoms with Crippen LogP contribution in [0.5, 0.6) is 0 Å². The lowest BCUT2D eigenvalue weighted by Gasteiger charge is -2.26. The third-order valence-electron chi connectivity index (χ3n) is 3.87. The van der Waals surface area contributed by atoms with Crippen molar-refractivity contribution in [2.45, 2.75) is 26.2 Å². The van der Waals surface area contributed by atoms with Crippen molar-refractivity contribution in [1.82, 2.24) is 5.32 Å². The smallest absolute Gasteiger partial charge is 0.0927 e. The predicted octanol–water partition coefficient (Wildman–Crippen LogP) is 3.58. The maximum atomic E-state index is 4.26. The highest BCUT2D eigenvalue weighted by Gasteiger charge is 2.17. The SMILES string of the molecule is C=Cc1cc(C(C)C)cc(N2CCCNCC2)c1N=C. The van der Waals surface area contributed by atoms with Crippen LogP contribution in [0.4, 0.5) is 11.4 Å². The normalized spacial score (nSPS) is 16.1. The minimum atomic E-state index is 0.497. The van der Waals surface area contributed by atoms with Crippen LogP contribution in [0.15, 0.2) is 23.7 Å². The van der Waals surface area contributed by atoms with Crippen LogP contribution in [-0.2, 0) is 0 Å². The zero-order valence-electron chi connectivity index (χ0n) is 12.7. The molecule has 2 rings (SSSR count). The molecule has 3 nitrogen and oxygen atoms in total. The molecule has 0 aliphatic carbocycles. The van der Waals surface area contributed by atoms with Gasteiger partial charge in [-0.15, -0.1) is 0 Å². The summed E-state index contributed by atoms with van der Waals surface area (Å²) in [6.45, 7) is 16.3. The monoisotopic (exact) mass is 271 g/mol. The van der Waals surface area contributed by atoms with Crippen molar-refractivity contribution in [3.05, 3.63) is 29.8 Å². The van der Waals surface area contributed by atoms with Crippen LogP contribution in [0.1, 0.15) is 37.3 Å². The average Bonchev–Trinajstić information content (AvgIpc) is 2.74. The van der Waals surface area contributed by atoms with E-state index in [1.54, 1.807) is 0 Å². The Hall–Kier alpha value is -1.61. The summed E-state index contributed by atoms with van der Waals surface area (Å²) in [6, 6.07) is 4.45. The van der Waals surface area contributed by atoms with Crippen LogP contribution in [-0.4, -0.2) is 32.9 Å². The Morgan fingerprint density at radius 3 is 2.75 bits per heavy atom. The molecule has 0 saturated carbocycles. The first-order valence-electron chi connectivity index (χ1n) is 7.40. The summed E-state index contributed by atoms with van der Waals surface area (Å²) in [4.78, 5) is 6.68. The molecule has 3 heteroatoms. The summed E-state index contributed by atoms with van der Waals surface area (Å²) in [5.41, 5.74) is 4.58. The number of aliphatic imine (C=N–C) groups is 1. The number of nitrogens with one attached hydrogen (secondary N) is 1. The Bertz CT molecular complexity index is 483. The highest BCUT2D eigenvalue weighted by Crippen LogP contribution is 2.36. The largest absolute Gasteiger partial charge is 0.368 e. The Balaban J connectivity index is 2.49. The molecule has 0 aromatic heterocycles. The van der Waals surface area contributed by atoms with Crippen molar-refractivity contribution < 1.29 is 0 Å². The molecule has 0 atom stereocenters. The number of rotatable bonds is 4. The summed E-state index contributed by atoms with van der Waals surface area (Å²) >= 11 is 0. The van der Waals surface area contributed by atoms with E-state index in [9.17, 15) is 0 Å². The molecule has 1 aliphatic heterocycles. The lowest BCUT2D eigenvalue weighted by Crippen LogP contribution is -2.28. The maximum Gasteiger partial charge on any atom is 0.0927 e. The molecule has 108 valence electrons. The number of nitrogens with zero attached hydrogens (tertiary/aromatic N) is 2. The number of anilines is 1. The van der Waals surface area contributed by atoms with E-state index in [1.165, 1.54) is 11.3 Å². The van der Waals surface area contributed by atoms with Crippen LogP contribution >= 0.6 is 0 Å². The predicted molar refractivity (Wildman–Crippen MR) is 89.5 cm³/mol. The summed E-state index contributed by atoms with van der Waals surface area (Å²) in [5, 5.41) is 3.44.